The summed E-state index contributed by atoms with van der Waals surface area (Å²) in [5.74, 6) is -0.233. The van der Waals surface area contributed by atoms with Crippen molar-refractivity contribution in [3.05, 3.63) is 35.4 Å². The molecule has 2 aliphatic rings. The fraction of sp³-hybridized carbons (Fsp3) is 0.588. The van der Waals surface area contributed by atoms with Gasteiger partial charge in [-0.25, -0.2) is 4.79 Å². The molecule has 1 aliphatic carbocycles. The standard InChI is InChI=1S/C17H23NO2.ClH/c19-17(20)15-7-5-13(6-8-15)14-9-11-18(12-10-14)16-3-1-2-4-16;/h5-8,14,16H,1-4,9-12H2,(H,19,20);1H. The second kappa shape index (κ2) is 7.28. The van der Waals surface area contributed by atoms with Gasteiger partial charge in [0.2, 0.25) is 0 Å². The second-order valence-electron chi connectivity index (χ2n) is 6.18. The van der Waals surface area contributed by atoms with Gasteiger partial charge in [-0.2, -0.15) is 0 Å². The van der Waals surface area contributed by atoms with Gasteiger partial charge in [-0.05, 0) is 62.4 Å². The van der Waals surface area contributed by atoms with E-state index in [0.717, 1.165) is 6.04 Å². The van der Waals surface area contributed by atoms with Crippen LogP contribution >= 0.6 is 12.4 Å². The Labute approximate surface area is 132 Å². The third-order valence-electron chi connectivity index (χ3n) is 5.00. The molecule has 1 aromatic carbocycles. The summed E-state index contributed by atoms with van der Waals surface area (Å²) in [7, 11) is 0. The molecule has 0 spiro atoms. The monoisotopic (exact) mass is 309 g/mol. The molecule has 1 aliphatic heterocycles. The summed E-state index contributed by atoms with van der Waals surface area (Å²) in [6, 6.07) is 8.31. The van der Waals surface area contributed by atoms with Crippen LogP contribution in [0.4, 0.5) is 0 Å². The fourth-order valence-corrected chi connectivity index (χ4v) is 3.77. The summed E-state index contributed by atoms with van der Waals surface area (Å²) < 4.78 is 0. The van der Waals surface area contributed by atoms with E-state index in [2.05, 4.69) is 4.90 Å². The highest BCUT2D eigenvalue weighted by molar-refractivity contribution is 5.87. The third kappa shape index (κ3) is 3.78. The van der Waals surface area contributed by atoms with Crippen LogP contribution in [0.1, 0.15) is 60.4 Å². The molecule has 0 atom stereocenters. The molecule has 2 fully saturated rings. The number of halogens is 1. The third-order valence-corrected chi connectivity index (χ3v) is 5.00. The maximum atomic E-state index is 10.9. The van der Waals surface area contributed by atoms with E-state index in [1.807, 2.05) is 12.1 Å². The quantitative estimate of drug-likeness (QED) is 0.919. The van der Waals surface area contributed by atoms with Gasteiger partial charge < -0.3 is 10.0 Å². The molecule has 1 N–H and O–H groups in total. The van der Waals surface area contributed by atoms with Gasteiger partial charge in [0.15, 0.2) is 0 Å². The molecule has 116 valence electrons. The van der Waals surface area contributed by atoms with Gasteiger partial charge in [0.25, 0.3) is 0 Å². The van der Waals surface area contributed by atoms with Gasteiger partial charge in [0.05, 0.1) is 5.56 Å². The summed E-state index contributed by atoms with van der Waals surface area (Å²) in [6.07, 6.45) is 8.00. The summed E-state index contributed by atoms with van der Waals surface area (Å²) >= 11 is 0. The largest absolute Gasteiger partial charge is 0.478 e. The van der Waals surface area contributed by atoms with Gasteiger partial charge in [0.1, 0.15) is 0 Å². The number of benzene rings is 1. The minimum atomic E-state index is -0.840. The smallest absolute Gasteiger partial charge is 0.335 e. The molecule has 1 heterocycles. The lowest BCUT2D eigenvalue weighted by molar-refractivity contribution is 0.0697. The van der Waals surface area contributed by atoms with Crippen LogP contribution in [0.15, 0.2) is 24.3 Å². The molecule has 0 aromatic heterocycles. The van der Waals surface area contributed by atoms with Crippen LogP contribution in [0.2, 0.25) is 0 Å². The first-order valence-electron chi connectivity index (χ1n) is 7.81. The van der Waals surface area contributed by atoms with Crippen LogP contribution in [0, 0.1) is 0 Å². The molecule has 0 bridgehead atoms. The van der Waals surface area contributed by atoms with Crippen molar-refractivity contribution < 1.29 is 9.90 Å². The Morgan fingerprint density at radius 2 is 1.57 bits per heavy atom. The number of aromatic carboxylic acids is 1. The maximum Gasteiger partial charge on any atom is 0.335 e. The number of carbonyl (C=O) groups is 1. The maximum absolute atomic E-state index is 10.9. The van der Waals surface area contributed by atoms with Crippen molar-refractivity contribution >= 4 is 18.4 Å². The van der Waals surface area contributed by atoms with Crippen LogP contribution in [0.3, 0.4) is 0 Å². The number of hydrogen-bond donors (Lipinski definition) is 1. The SMILES string of the molecule is Cl.O=C(O)c1ccc(C2CCN(C3CCCC3)CC2)cc1. The molecule has 1 aromatic rings. The molecule has 3 rings (SSSR count). The van der Waals surface area contributed by atoms with E-state index >= 15 is 0 Å². The van der Waals surface area contributed by atoms with E-state index < -0.39 is 5.97 Å². The van der Waals surface area contributed by atoms with Gasteiger partial charge in [-0.1, -0.05) is 25.0 Å². The minimum Gasteiger partial charge on any atom is -0.478 e. The zero-order chi connectivity index (χ0) is 13.9. The summed E-state index contributed by atoms with van der Waals surface area (Å²) in [5, 5.41) is 8.94. The topological polar surface area (TPSA) is 40.5 Å². The number of rotatable bonds is 3. The Hall–Kier alpha value is -1.06. The Kier molecular flexibility index (Phi) is 5.65. The normalized spacial score (nSPS) is 21.1. The van der Waals surface area contributed by atoms with Crippen LogP contribution in [-0.2, 0) is 0 Å². The van der Waals surface area contributed by atoms with Gasteiger partial charge >= 0.3 is 5.97 Å². The fourth-order valence-electron chi connectivity index (χ4n) is 3.77. The van der Waals surface area contributed by atoms with Crippen molar-refractivity contribution in [2.24, 2.45) is 0 Å². The lowest BCUT2D eigenvalue weighted by atomic mass is 9.88. The second-order valence-corrected chi connectivity index (χ2v) is 6.18. The van der Waals surface area contributed by atoms with E-state index in [0.29, 0.717) is 11.5 Å². The number of likely N-dealkylation sites (tertiary alicyclic amines) is 1. The average Bonchev–Trinajstić information content (AvgIpc) is 3.02. The first-order valence-corrected chi connectivity index (χ1v) is 7.81. The molecule has 1 saturated heterocycles. The van der Waals surface area contributed by atoms with Gasteiger partial charge in [0, 0.05) is 6.04 Å². The van der Waals surface area contributed by atoms with E-state index in [-0.39, 0.29) is 12.4 Å². The van der Waals surface area contributed by atoms with Crippen LogP contribution in [0.5, 0.6) is 0 Å². The zero-order valence-corrected chi connectivity index (χ0v) is 13.1. The first-order chi connectivity index (χ1) is 9.74. The Morgan fingerprint density at radius 1 is 1.00 bits per heavy atom. The van der Waals surface area contributed by atoms with Crippen molar-refractivity contribution in [3.63, 3.8) is 0 Å². The molecular formula is C17H24ClNO2. The van der Waals surface area contributed by atoms with E-state index in [1.165, 1.54) is 57.2 Å². The lowest BCUT2D eigenvalue weighted by Crippen LogP contribution is -2.39. The number of nitrogens with zero attached hydrogens (tertiary/aromatic N) is 1. The first kappa shape index (κ1) is 16.3. The Morgan fingerprint density at radius 3 is 2.10 bits per heavy atom. The number of carboxylic acid groups (broad SMARTS) is 1. The number of hydrogen-bond acceptors (Lipinski definition) is 2. The Bertz CT molecular complexity index is 460. The van der Waals surface area contributed by atoms with Crippen molar-refractivity contribution in [2.45, 2.75) is 50.5 Å². The summed E-state index contributed by atoms with van der Waals surface area (Å²) in [5.41, 5.74) is 1.69. The van der Waals surface area contributed by atoms with E-state index in [4.69, 9.17) is 5.11 Å². The van der Waals surface area contributed by atoms with Crippen molar-refractivity contribution in [2.75, 3.05) is 13.1 Å². The molecule has 0 unspecified atom stereocenters. The predicted molar refractivity (Wildman–Crippen MR) is 86.5 cm³/mol. The van der Waals surface area contributed by atoms with Crippen molar-refractivity contribution in [3.8, 4) is 0 Å². The summed E-state index contributed by atoms with van der Waals surface area (Å²) in [6.45, 7) is 2.41. The Balaban J connectivity index is 0.00000161. The highest BCUT2D eigenvalue weighted by Gasteiger charge is 2.27. The van der Waals surface area contributed by atoms with Crippen LogP contribution in [-0.4, -0.2) is 35.1 Å². The highest BCUT2D eigenvalue weighted by Crippen LogP contribution is 2.32. The molecule has 3 nitrogen and oxygen atoms in total. The summed E-state index contributed by atoms with van der Waals surface area (Å²) in [4.78, 5) is 13.5. The molecule has 4 heteroatoms. The number of carboxylic acids is 1. The molecule has 1 saturated carbocycles. The van der Waals surface area contributed by atoms with Gasteiger partial charge in [-0.3, -0.25) is 0 Å². The number of piperidine rings is 1. The zero-order valence-electron chi connectivity index (χ0n) is 12.3. The van der Waals surface area contributed by atoms with Gasteiger partial charge in [-0.15, -0.1) is 12.4 Å². The minimum absolute atomic E-state index is 0. The van der Waals surface area contributed by atoms with Crippen LogP contribution in [0.25, 0.3) is 0 Å². The van der Waals surface area contributed by atoms with Crippen molar-refractivity contribution in [1.82, 2.24) is 4.90 Å². The molecule has 0 radical (unpaired) electrons. The predicted octanol–water partition coefficient (Wildman–Crippen LogP) is 3.93. The molecule has 0 amide bonds. The van der Waals surface area contributed by atoms with E-state index in [9.17, 15) is 4.79 Å². The molecular weight excluding hydrogens is 286 g/mol. The van der Waals surface area contributed by atoms with Crippen LogP contribution < -0.4 is 0 Å². The highest BCUT2D eigenvalue weighted by atomic mass is 35.5. The average molecular weight is 310 g/mol. The lowest BCUT2D eigenvalue weighted by Gasteiger charge is -2.36. The van der Waals surface area contributed by atoms with Crippen molar-refractivity contribution in [1.29, 1.82) is 0 Å². The molecule has 21 heavy (non-hydrogen) atoms. The van der Waals surface area contributed by atoms with E-state index in [1.54, 1.807) is 12.1 Å².